The molecule has 0 aliphatic carbocycles. The number of carbonyl (C=O) groups excluding carboxylic acids is 2. The fraction of sp³-hybridized carbons (Fsp3) is 0.333. The van der Waals surface area contributed by atoms with Gasteiger partial charge in [-0.3, -0.25) is 9.59 Å². The van der Waals surface area contributed by atoms with Gasteiger partial charge in [0.25, 0.3) is 5.91 Å². The van der Waals surface area contributed by atoms with E-state index >= 15 is 0 Å². The largest absolute Gasteiger partial charge is 0.484 e. The van der Waals surface area contributed by atoms with Gasteiger partial charge in [0.15, 0.2) is 6.61 Å². The average molecular weight is 473 g/mol. The molecule has 2 amide bonds. The molecule has 184 valence electrons. The lowest BCUT2D eigenvalue weighted by Gasteiger charge is -2.34. The number of amides is 2. The van der Waals surface area contributed by atoms with Gasteiger partial charge in [-0.2, -0.15) is 0 Å². The van der Waals surface area contributed by atoms with E-state index < -0.39 is 11.6 Å². The van der Waals surface area contributed by atoms with E-state index in [0.29, 0.717) is 18.7 Å². The molecule has 0 fully saturated rings. The summed E-state index contributed by atoms with van der Waals surface area (Å²) in [5.74, 6) is 0.246. The number of hydrogen-bond donors (Lipinski definition) is 1. The highest BCUT2D eigenvalue weighted by Crippen LogP contribution is 2.20. The third-order valence-electron chi connectivity index (χ3n) is 5.82. The first kappa shape index (κ1) is 26.0. The molecule has 5 nitrogen and oxygen atoms in total. The maximum absolute atomic E-state index is 13.7. The number of carbonyl (C=O) groups is 2. The van der Waals surface area contributed by atoms with Crippen molar-refractivity contribution in [3.05, 3.63) is 101 Å². The van der Waals surface area contributed by atoms with Crippen LogP contribution in [0.25, 0.3) is 0 Å². The number of para-hydroxylation sites is 1. The molecule has 35 heavy (non-hydrogen) atoms. The minimum absolute atomic E-state index is 0.148. The van der Waals surface area contributed by atoms with E-state index in [-0.39, 0.29) is 18.4 Å². The molecule has 0 saturated carbocycles. The maximum Gasteiger partial charge on any atom is 0.261 e. The smallest absolute Gasteiger partial charge is 0.261 e. The normalized spacial score (nSPS) is 12.0. The Bertz CT molecular complexity index is 1140. The molecule has 5 heteroatoms. The van der Waals surface area contributed by atoms with Crippen LogP contribution in [-0.4, -0.2) is 34.9 Å². The van der Waals surface area contributed by atoms with Crippen molar-refractivity contribution in [1.29, 1.82) is 0 Å². The monoisotopic (exact) mass is 472 g/mol. The third-order valence-corrected chi connectivity index (χ3v) is 5.82. The highest BCUT2D eigenvalue weighted by atomic mass is 16.5. The number of benzene rings is 3. The Morgan fingerprint density at radius 1 is 0.857 bits per heavy atom. The van der Waals surface area contributed by atoms with E-state index in [0.717, 1.165) is 22.3 Å². The molecule has 0 aliphatic rings. The van der Waals surface area contributed by atoms with Gasteiger partial charge in [-0.1, -0.05) is 72.8 Å². The van der Waals surface area contributed by atoms with Crippen molar-refractivity contribution >= 4 is 11.8 Å². The molecular weight excluding hydrogens is 436 g/mol. The predicted octanol–water partition coefficient (Wildman–Crippen LogP) is 5.24. The van der Waals surface area contributed by atoms with Gasteiger partial charge in [0.1, 0.15) is 11.8 Å². The van der Waals surface area contributed by atoms with Crippen molar-refractivity contribution in [2.45, 2.75) is 59.2 Å². The first-order valence-corrected chi connectivity index (χ1v) is 12.0. The molecule has 0 saturated heterocycles. The standard InChI is InChI=1S/C30H36N2O3/c1-22-13-9-11-17-25(22)20-32(28(33)21-35-27-18-12-10-14-23(27)2)26(29(34)31-30(3,4)5)19-24-15-7-6-8-16-24/h6-18,26H,19-21H2,1-5H3,(H,31,34)/t26-/m1/s1. The Balaban J connectivity index is 1.95. The van der Waals surface area contributed by atoms with Gasteiger partial charge in [-0.25, -0.2) is 0 Å². The predicted molar refractivity (Wildman–Crippen MR) is 140 cm³/mol. The highest BCUT2D eigenvalue weighted by molar-refractivity contribution is 5.89. The summed E-state index contributed by atoms with van der Waals surface area (Å²) in [5, 5.41) is 3.08. The zero-order valence-electron chi connectivity index (χ0n) is 21.4. The van der Waals surface area contributed by atoms with Crippen LogP contribution in [0.5, 0.6) is 5.75 Å². The highest BCUT2D eigenvalue weighted by Gasteiger charge is 2.32. The van der Waals surface area contributed by atoms with Crippen LogP contribution in [0, 0.1) is 13.8 Å². The molecule has 3 rings (SSSR count). The summed E-state index contributed by atoms with van der Waals surface area (Å²) in [6, 6.07) is 24.7. The average Bonchev–Trinajstić information content (AvgIpc) is 2.81. The molecule has 0 unspecified atom stereocenters. The second-order valence-electron chi connectivity index (χ2n) is 9.95. The molecule has 0 heterocycles. The molecule has 3 aromatic rings. The van der Waals surface area contributed by atoms with Gasteiger partial charge in [0.2, 0.25) is 5.91 Å². The maximum atomic E-state index is 13.7. The summed E-state index contributed by atoms with van der Waals surface area (Å²) in [6.07, 6.45) is 0.407. The minimum atomic E-state index is -0.691. The van der Waals surface area contributed by atoms with E-state index in [4.69, 9.17) is 4.74 Å². The van der Waals surface area contributed by atoms with Gasteiger partial charge < -0.3 is 15.0 Å². The van der Waals surface area contributed by atoms with Crippen LogP contribution in [0.3, 0.4) is 0 Å². The van der Waals surface area contributed by atoms with Crippen LogP contribution >= 0.6 is 0 Å². The molecule has 0 aliphatic heterocycles. The molecule has 1 N–H and O–H groups in total. The van der Waals surface area contributed by atoms with E-state index in [1.165, 1.54) is 0 Å². The summed E-state index contributed by atoms with van der Waals surface area (Å²) in [4.78, 5) is 28.9. The van der Waals surface area contributed by atoms with Crippen molar-refractivity contribution in [2.24, 2.45) is 0 Å². The van der Waals surface area contributed by atoms with E-state index in [2.05, 4.69) is 5.32 Å². The number of nitrogens with zero attached hydrogens (tertiary/aromatic N) is 1. The summed E-state index contributed by atoms with van der Waals surface area (Å²) in [6.45, 7) is 9.96. The van der Waals surface area contributed by atoms with Gasteiger partial charge in [-0.05, 0) is 62.9 Å². The summed E-state index contributed by atoms with van der Waals surface area (Å²) < 4.78 is 5.91. The van der Waals surface area contributed by atoms with Gasteiger partial charge >= 0.3 is 0 Å². The van der Waals surface area contributed by atoms with Crippen molar-refractivity contribution in [2.75, 3.05) is 6.61 Å². The van der Waals surface area contributed by atoms with E-state index in [9.17, 15) is 9.59 Å². The topological polar surface area (TPSA) is 58.6 Å². The summed E-state index contributed by atoms with van der Waals surface area (Å²) in [7, 11) is 0. The number of hydrogen-bond acceptors (Lipinski definition) is 3. The lowest BCUT2D eigenvalue weighted by Crippen LogP contribution is -2.55. The number of ether oxygens (including phenoxy) is 1. The minimum Gasteiger partial charge on any atom is -0.484 e. The fourth-order valence-electron chi connectivity index (χ4n) is 3.92. The number of nitrogens with one attached hydrogen (secondary N) is 1. The Labute approximate surface area is 209 Å². The summed E-state index contributed by atoms with van der Waals surface area (Å²) in [5.41, 5.74) is 3.58. The molecule has 1 atom stereocenters. The first-order chi connectivity index (χ1) is 16.6. The van der Waals surface area contributed by atoms with E-state index in [1.807, 2.05) is 113 Å². The zero-order valence-corrected chi connectivity index (χ0v) is 21.4. The first-order valence-electron chi connectivity index (χ1n) is 12.0. The van der Waals surface area contributed by atoms with Crippen molar-refractivity contribution in [3.63, 3.8) is 0 Å². The van der Waals surface area contributed by atoms with Crippen LogP contribution in [0.4, 0.5) is 0 Å². The fourth-order valence-corrected chi connectivity index (χ4v) is 3.92. The van der Waals surface area contributed by atoms with Crippen LogP contribution in [0.2, 0.25) is 0 Å². The summed E-state index contributed by atoms with van der Waals surface area (Å²) >= 11 is 0. The zero-order chi connectivity index (χ0) is 25.4. The quantitative estimate of drug-likeness (QED) is 0.464. The van der Waals surface area contributed by atoms with E-state index in [1.54, 1.807) is 4.90 Å². The lowest BCUT2D eigenvalue weighted by molar-refractivity contribution is -0.143. The van der Waals surface area contributed by atoms with Gasteiger partial charge in [0.05, 0.1) is 0 Å². The van der Waals surface area contributed by atoms with Crippen molar-refractivity contribution < 1.29 is 14.3 Å². The van der Waals surface area contributed by atoms with Crippen LogP contribution in [0.15, 0.2) is 78.9 Å². The Morgan fingerprint density at radius 2 is 1.46 bits per heavy atom. The van der Waals surface area contributed by atoms with Gasteiger partial charge in [0, 0.05) is 18.5 Å². The molecule has 0 bridgehead atoms. The second kappa shape index (κ2) is 11.7. The molecule has 0 radical (unpaired) electrons. The third kappa shape index (κ3) is 7.71. The van der Waals surface area contributed by atoms with Crippen molar-refractivity contribution in [3.8, 4) is 5.75 Å². The molecule has 3 aromatic carbocycles. The van der Waals surface area contributed by atoms with Crippen molar-refractivity contribution in [1.82, 2.24) is 10.2 Å². The Hall–Kier alpha value is -3.60. The Kier molecular flexibility index (Phi) is 8.69. The second-order valence-corrected chi connectivity index (χ2v) is 9.95. The number of rotatable bonds is 9. The van der Waals surface area contributed by atoms with Crippen LogP contribution in [-0.2, 0) is 22.6 Å². The molecule has 0 spiro atoms. The lowest BCUT2D eigenvalue weighted by atomic mass is 10.00. The van der Waals surface area contributed by atoms with Crippen LogP contribution < -0.4 is 10.1 Å². The Morgan fingerprint density at radius 3 is 2.09 bits per heavy atom. The van der Waals surface area contributed by atoms with Crippen LogP contribution in [0.1, 0.15) is 43.0 Å². The molecular formula is C30H36N2O3. The SMILES string of the molecule is Cc1ccccc1CN(C(=O)COc1ccccc1C)[C@H](Cc1ccccc1)C(=O)NC(C)(C)C. The number of aryl methyl sites for hydroxylation is 2. The van der Waals surface area contributed by atoms with Gasteiger partial charge in [-0.15, -0.1) is 0 Å². The molecule has 0 aromatic heterocycles.